The maximum atomic E-state index is 15.2. The van der Waals surface area contributed by atoms with Crippen LogP contribution in [0, 0.1) is 5.82 Å². The summed E-state index contributed by atoms with van der Waals surface area (Å²) < 4.78 is 26.9. The zero-order valence-electron chi connectivity index (χ0n) is 22.2. The number of allylic oxidation sites excluding steroid dienone is 1. The Balaban J connectivity index is 1.18. The van der Waals surface area contributed by atoms with E-state index in [1.54, 1.807) is 24.5 Å². The largest absolute Gasteiger partial charge is 0.497 e. The molecular formula is C32H34FN3O3. The van der Waals surface area contributed by atoms with E-state index in [0.29, 0.717) is 48.3 Å². The summed E-state index contributed by atoms with van der Waals surface area (Å²) in [4.78, 5) is 17.5. The minimum Gasteiger partial charge on any atom is -0.497 e. The van der Waals surface area contributed by atoms with E-state index in [0.717, 1.165) is 30.8 Å². The average Bonchev–Trinajstić information content (AvgIpc) is 3.82. The fourth-order valence-electron chi connectivity index (χ4n) is 5.54. The summed E-state index contributed by atoms with van der Waals surface area (Å²) in [5, 5.41) is 2.87. The van der Waals surface area contributed by atoms with Crippen LogP contribution in [-0.2, 0) is 4.74 Å². The highest BCUT2D eigenvalue weighted by molar-refractivity contribution is 6.07. The number of fused-ring (bicyclic) bond motifs is 1. The quantitative estimate of drug-likeness (QED) is 0.335. The standard InChI is InChI=1S/C32H34FN3O3/c1-2-18-38-26-5-4-16-35(21-26)29-15-12-24(20-28(29)33)34-32(37)27-6-3-7-30-31(27)39-19-17-36(30)25-13-10-23(11-14-25)22-8-9-22/h2-3,6-7,10-15,18,20,22,26H,4-5,8-9,16-17,19,21H2,1H3,(H,34,37)/b18-2+. The maximum absolute atomic E-state index is 15.2. The molecule has 1 atom stereocenters. The van der Waals surface area contributed by atoms with Crippen molar-refractivity contribution in [3.63, 3.8) is 0 Å². The molecule has 6 rings (SSSR count). The minimum atomic E-state index is -0.369. The van der Waals surface area contributed by atoms with E-state index >= 15 is 4.39 Å². The number of para-hydroxylation sites is 1. The molecule has 2 heterocycles. The van der Waals surface area contributed by atoms with Gasteiger partial charge in [-0.3, -0.25) is 4.79 Å². The molecule has 3 aliphatic rings. The molecule has 1 saturated heterocycles. The molecule has 1 amide bonds. The van der Waals surface area contributed by atoms with Crippen molar-refractivity contribution < 1.29 is 18.7 Å². The second-order valence-electron chi connectivity index (χ2n) is 10.5. The van der Waals surface area contributed by atoms with Crippen LogP contribution < -0.4 is 19.9 Å². The van der Waals surface area contributed by atoms with Gasteiger partial charge < -0.3 is 24.6 Å². The van der Waals surface area contributed by atoms with Gasteiger partial charge in [0.1, 0.15) is 18.5 Å². The number of ether oxygens (including phenoxy) is 2. The van der Waals surface area contributed by atoms with Gasteiger partial charge in [0.15, 0.2) is 5.75 Å². The molecule has 0 aromatic heterocycles. The number of nitrogens with zero attached hydrogens (tertiary/aromatic N) is 2. The number of hydrogen-bond acceptors (Lipinski definition) is 5. The van der Waals surface area contributed by atoms with Gasteiger partial charge in [0, 0.05) is 17.9 Å². The molecule has 202 valence electrons. The van der Waals surface area contributed by atoms with E-state index in [2.05, 4.69) is 34.5 Å². The lowest BCUT2D eigenvalue weighted by Crippen LogP contribution is -2.39. The molecule has 7 heteroatoms. The van der Waals surface area contributed by atoms with Crippen LogP contribution in [0.25, 0.3) is 0 Å². The van der Waals surface area contributed by atoms with Crippen LogP contribution in [0.1, 0.15) is 54.4 Å². The predicted molar refractivity (Wildman–Crippen MR) is 153 cm³/mol. The van der Waals surface area contributed by atoms with E-state index in [-0.39, 0.29) is 17.8 Å². The highest BCUT2D eigenvalue weighted by Crippen LogP contribution is 2.43. The van der Waals surface area contributed by atoms with Gasteiger partial charge in [0.2, 0.25) is 0 Å². The Hall–Kier alpha value is -4.00. The fourth-order valence-corrected chi connectivity index (χ4v) is 5.54. The first-order chi connectivity index (χ1) is 19.1. The van der Waals surface area contributed by atoms with Crippen LogP contribution in [0.3, 0.4) is 0 Å². The molecule has 6 nitrogen and oxygen atoms in total. The van der Waals surface area contributed by atoms with E-state index in [1.165, 1.54) is 24.5 Å². The highest BCUT2D eigenvalue weighted by Gasteiger charge is 2.27. The van der Waals surface area contributed by atoms with Crippen LogP contribution in [0.4, 0.5) is 27.1 Å². The van der Waals surface area contributed by atoms with E-state index in [9.17, 15) is 4.79 Å². The Morgan fingerprint density at radius 2 is 1.90 bits per heavy atom. The molecule has 3 aromatic carbocycles. The van der Waals surface area contributed by atoms with Crippen LogP contribution in [0.2, 0.25) is 0 Å². The van der Waals surface area contributed by atoms with Gasteiger partial charge in [-0.05, 0) is 86.6 Å². The molecule has 1 N–H and O–H groups in total. The second-order valence-corrected chi connectivity index (χ2v) is 10.5. The number of piperidine rings is 1. The van der Waals surface area contributed by atoms with Crippen molar-refractivity contribution in [2.45, 2.75) is 44.6 Å². The summed E-state index contributed by atoms with van der Waals surface area (Å²) in [5.41, 5.74) is 4.67. The summed E-state index contributed by atoms with van der Waals surface area (Å²) in [6, 6.07) is 19.1. The Morgan fingerprint density at radius 3 is 2.67 bits per heavy atom. The minimum absolute atomic E-state index is 0.0358. The van der Waals surface area contributed by atoms with Crippen LogP contribution in [0.5, 0.6) is 5.75 Å². The number of rotatable bonds is 7. The van der Waals surface area contributed by atoms with Gasteiger partial charge in [0.05, 0.1) is 36.3 Å². The van der Waals surface area contributed by atoms with Crippen molar-refractivity contribution in [1.82, 2.24) is 0 Å². The topological polar surface area (TPSA) is 54.0 Å². The first-order valence-electron chi connectivity index (χ1n) is 13.9. The molecule has 39 heavy (non-hydrogen) atoms. The number of carbonyl (C=O) groups is 1. The summed E-state index contributed by atoms with van der Waals surface area (Å²) in [6.07, 6.45) is 8.01. The second kappa shape index (κ2) is 11.0. The molecule has 1 unspecified atom stereocenters. The van der Waals surface area contributed by atoms with Crippen molar-refractivity contribution in [1.29, 1.82) is 0 Å². The lowest BCUT2D eigenvalue weighted by Gasteiger charge is -2.34. The summed E-state index contributed by atoms with van der Waals surface area (Å²) in [5.74, 6) is 0.554. The number of nitrogens with one attached hydrogen (secondary N) is 1. The van der Waals surface area contributed by atoms with E-state index in [4.69, 9.17) is 9.47 Å². The third-order valence-electron chi connectivity index (χ3n) is 7.68. The molecular weight excluding hydrogens is 493 g/mol. The Morgan fingerprint density at radius 1 is 1.05 bits per heavy atom. The summed E-state index contributed by atoms with van der Waals surface area (Å²) >= 11 is 0. The number of carbonyl (C=O) groups excluding carboxylic acids is 1. The van der Waals surface area contributed by atoms with Gasteiger partial charge >= 0.3 is 0 Å². The third-order valence-corrected chi connectivity index (χ3v) is 7.68. The number of halogens is 1. The number of hydrogen-bond donors (Lipinski definition) is 1. The van der Waals surface area contributed by atoms with Gasteiger partial charge in [0.25, 0.3) is 5.91 Å². The van der Waals surface area contributed by atoms with E-state index in [1.807, 2.05) is 30.0 Å². The predicted octanol–water partition coefficient (Wildman–Crippen LogP) is 7.00. The smallest absolute Gasteiger partial charge is 0.259 e. The van der Waals surface area contributed by atoms with E-state index < -0.39 is 0 Å². The van der Waals surface area contributed by atoms with Crippen molar-refractivity contribution >= 4 is 28.7 Å². The van der Waals surface area contributed by atoms with Crippen LogP contribution >= 0.6 is 0 Å². The monoisotopic (exact) mass is 527 g/mol. The summed E-state index contributed by atoms with van der Waals surface area (Å²) in [7, 11) is 0. The van der Waals surface area contributed by atoms with Crippen molar-refractivity contribution in [2.75, 3.05) is 41.4 Å². The normalized spacial score (nSPS) is 19.0. The molecule has 0 radical (unpaired) electrons. The molecule has 0 bridgehead atoms. The number of benzene rings is 3. The molecule has 2 aliphatic heterocycles. The molecule has 1 saturated carbocycles. The van der Waals surface area contributed by atoms with Crippen molar-refractivity contribution in [3.8, 4) is 5.75 Å². The Bertz CT molecular complexity index is 1370. The molecule has 3 aromatic rings. The van der Waals surface area contributed by atoms with Gasteiger partial charge in [-0.25, -0.2) is 4.39 Å². The highest BCUT2D eigenvalue weighted by atomic mass is 19.1. The average molecular weight is 528 g/mol. The number of amides is 1. The lowest BCUT2D eigenvalue weighted by atomic mass is 10.1. The SMILES string of the molecule is C/C=C/OC1CCCN(c2ccc(NC(=O)c3cccc4c3OCCN4c3ccc(C4CC4)cc3)cc2F)C1. The van der Waals surface area contributed by atoms with Crippen LogP contribution in [0.15, 0.2) is 73.0 Å². The maximum Gasteiger partial charge on any atom is 0.259 e. The molecule has 0 spiro atoms. The first-order valence-corrected chi connectivity index (χ1v) is 13.9. The van der Waals surface area contributed by atoms with Crippen molar-refractivity contribution in [3.05, 3.63) is 89.9 Å². The lowest BCUT2D eigenvalue weighted by molar-refractivity contribution is 0.102. The third kappa shape index (κ3) is 5.44. The Kier molecular flexibility index (Phi) is 7.14. The van der Waals surface area contributed by atoms with Gasteiger partial charge in [-0.15, -0.1) is 0 Å². The van der Waals surface area contributed by atoms with Gasteiger partial charge in [-0.2, -0.15) is 0 Å². The Labute approximate surface area is 229 Å². The first kappa shape index (κ1) is 25.3. The van der Waals surface area contributed by atoms with Crippen LogP contribution in [-0.4, -0.2) is 38.3 Å². The summed E-state index contributed by atoms with van der Waals surface area (Å²) in [6.45, 7) is 4.48. The molecule has 1 aliphatic carbocycles. The van der Waals surface area contributed by atoms with Gasteiger partial charge in [-0.1, -0.05) is 24.3 Å². The number of anilines is 4. The fraction of sp³-hybridized carbons (Fsp3) is 0.344. The zero-order valence-corrected chi connectivity index (χ0v) is 22.2. The molecule has 2 fully saturated rings. The zero-order chi connectivity index (χ0) is 26.8. The van der Waals surface area contributed by atoms with Crippen molar-refractivity contribution in [2.24, 2.45) is 0 Å².